The molecule has 3 aromatic rings. The first-order valence-electron chi connectivity index (χ1n) is 9.19. The van der Waals surface area contributed by atoms with Crippen molar-refractivity contribution < 1.29 is 4.52 Å². The van der Waals surface area contributed by atoms with Gasteiger partial charge in [0.25, 0.3) is 0 Å². The number of rotatable bonds is 4. The molecule has 3 heterocycles. The summed E-state index contributed by atoms with van der Waals surface area (Å²) in [6.07, 6.45) is 2.05. The molecule has 7 heteroatoms. The van der Waals surface area contributed by atoms with Crippen LogP contribution >= 0.6 is 11.6 Å². The molecule has 0 aliphatic carbocycles. The number of nitrogens with zero attached hydrogens (tertiary/aromatic N) is 5. The van der Waals surface area contributed by atoms with Crippen molar-refractivity contribution in [2.45, 2.75) is 45.1 Å². The predicted molar refractivity (Wildman–Crippen MR) is 101 cm³/mol. The van der Waals surface area contributed by atoms with Crippen molar-refractivity contribution in [2.75, 3.05) is 13.1 Å². The maximum Gasteiger partial charge on any atom is 0.229 e. The van der Waals surface area contributed by atoms with Crippen LogP contribution in [0.2, 0.25) is 5.02 Å². The fourth-order valence-corrected chi connectivity index (χ4v) is 3.94. The molecule has 0 unspecified atom stereocenters. The molecule has 2 aromatic heterocycles. The van der Waals surface area contributed by atoms with E-state index in [0.29, 0.717) is 11.8 Å². The molecule has 0 N–H and O–H groups in total. The summed E-state index contributed by atoms with van der Waals surface area (Å²) in [7, 11) is 1.97. The first-order valence-corrected chi connectivity index (χ1v) is 9.56. The molecule has 26 heavy (non-hydrogen) atoms. The van der Waals surface area contributed by atoms with Crippen LogP contribution in [0.3, 0.4) is 0 Å². The van der Waals surface area contributed by atoms with Crippen molar-refractivity contribution in [2.24, 2.45) is 7.05 Å². The van der Waals surface area contributed by atoms with E-state index in [-0.39, 0.29) is 0 Å². The van der Waals surface area contributed by atoms with Crippen LogP contribution in [0.15, 0.2) is 22.7 Å². The molecule has 138 valence electrons. The van der Waals surface area contributed by atoms with Crippen molar-refractivity contribution in [1.82, 2.24) is 24.8 Å². The Bertz CT molecular complexity index is 908. The van der Waals surface area contributed by atoms with Crippen LogP contribution in [0, 0.1) is 0 Å². The van der Waals surface area contributed by atoms with E-state index in [1.165, 1.54) is 0 Å². The number of likely N-dealkylation sites (tertiary alicyclic amines) is 1. The predicted octanol–water partition coefficient (Wildman–Crippen LogP) is 4.11. The number of piperidine rings is 1. The third-order valence-corrected chi connectivity index (χ3v) is 5.50. The average molecular weight is 374 g/mol. The molecule has 0 atom stereocenters. The van der Waals surface area contributed by atoms with Crippen LogP contribution in [-0.4, -0.2) is 37.9 Å². The van der Waals surface area contributed by atoms with Gasteiger partial charge in [-0.15, -0.1) is 0 Å². The average Bonchev–Trinajstić information content (AvgIpc) is 3.23. The van der Waals surface area contributed by atoms with Crippen LogP contribution in [0.25, 0.3) is 10.9 Å². The van der Waals surface area contributed by atoms with Crippen molar-refractivity contribution in [3.63, 3.8) is 0 Å². The molecule has 0 bridgehead atoms. The molecule has 6 nitrogen and oxygen atoms in total. The molecular weight excluding hydrogens is 350 g/mol. The third kappa shape index (κ3) is 3.23. The van der Waals surface area contributed by atoms with E-state index in [0.717, 1.165) is 65.8 Å². The van der Waals surface area contributed by atoms with Gasteiger partial charge in [-0.2, -0.15) is 10.1 Å². The highest BCUT2D eigenvalue weighted by Crippen LogP contribution is 2.31. The minimum Gasteiger partial charge on any atom is -0.339 e. The number of fused-ring (bicyclic) bond motifs is 1. The van der Waals surface area contributed by atoms with Gasteiger partial charge in [-0.25, -0.2) is 0 Å². The normalized spacial score (nSPS) is 16.8. The molecule has 1 saturated heterocycles. The molecule has 1 fully saturated rings. The topological polar surface area (TPSA) is 60.0 Å². The maximum atomic E-state index is 6.42. The number of hydrogen-bond donors (Lipinski definition) is 0. The number of hydrogen-bond acceptors (Lipinski definition) is 5. The van der Waals surface area contributed by atoms with Crippen molar-refractivity contribution >= 4 is 22.5 Å². The van der Waals surface area contributed by atoms with Crippen molar-refractivity contribution in [3.05, 3.63) is 40.6 Å². The number of aryl methyl sites for hydroxylation is 1. The van der Waals surface area contributed by atoms with Crippen molar-refractivity contribution in [1.29, 1.82) is 0 Å². The molecule has 0 amide bonds. The van der Waals surface area contributed by atoms with Crippen LogP contribution in [0.5, 0.6) is 0 Å². The number of benzene rings is 1. The van der Waals surface area contributed by atoms with E-state index in [2.05, 4.69) is 35.0 Å². The SMILES string of the molecule is CC(C)c1noc(C2CCN(Cc3nn(C)c4cccc(Cl)c34)CC2)n1. The standard InChI is InChI=1S/C19H24ClN5O/c1-12(2)18-21-19(26-23-18)13-7-9-25(10-8-13)11-15-17-14(20)5-4-6-16(17)24(3)22-15/h4-6,12-13H,7-11H2,1-3H3. The van der Waals surface area contributed by atoms with Gasteiger partial charge >= 0.3 is 0 Å². The molecule has 0 radical (unpaired) electrons. The Morgan fingerprint density at radius 3 is 2.73 bits per heavy atom. The Labute approximate surface area is 158 Å². The van der Waals surface area contributed by atoms with Gasteiger partial charge in [-0.1, -0.05) is 36.7 Å². The Hall–Kier alpha value is -1.92. The van der Waals surface area contributed by atoms with E-state index < -0.39 is 0 Å². The monoisotopic (exact) mass is 373 g/mol. The van der Waals surface area contributed by atoms with Crippen LogP contribution in [-0.2, 0) is 13.6 Å². The first kappa shape index (κ1) is 17.5. The second kappa shape index (κ2) is 7.00. The van der Waals surface area contributed by atoms with Gasteiger partial charge in [0.2, 0.25) is 5.89 Å². The second-order valence-corrected chi connectivity index (χ2v) is 7.81. The van der Waals surface area contributed by atoms with Gasteiger partial charge < -0.3 is 4.52 Å². The van der Waals surface area contributed by atoms with E-state index in [1.54, 1.807) is 0 Å². The van der Waals surface area contributed by atoms with Crippen LogP contribution in [0.1, 0.15) is 55.9 Å². The zero-order valence-electron chi connectivity index (χ0n) is 15.4. The zero-order valence-corrected chi connectivity index (χ0v) is 16.2. The quantitative estimate of drug-likeness (QED) is 0.688. The molecular formula is C19H24ClN5O. The Balaban J connectivity index is 1.44. The van der Waals surface area contributed by atoms with Gasteiger partial charge in [0.15, 0.2) is 5.82 Å². The third-order valence-electron chi connectivity index (χ3n) is 5.18. The highest BCUT2D eigenvalue weighted by Gasteiger charge is 2.26. The Morgan fingerprint density at radius 1 is 1.27 bits per heavy atom. The lowest BCUT2D eigenvalue weighted by Crippen LogP contribution is -2.32. The van der Waals surface area contributed by atoms with Gasteiger partial charge in [0, 0.05) is 30.8 Å². The molecule has 1 aliphatic heterocycles. The summed E-state index contributed by atoms with van der Waals surface area (Å²) >= 11 is 6.42. The minimum atomic E-state index is 0.301. The van der Waals surface area contributed by atoms with E-state index >= 15 is 0 Å². The highest BCUT2D eigenvalue weighted by atomic mass is 35.5. The van der Waals surface area contributed by atoms with E-state index in [9.17, 15) is 0 Å². The van der Waals surface area contributed by atoms with Gasteiger partial charge in [-0.3, -0.25) is 9.58 Å². The van der Waals surface area contributed by atoms with Gasteiger partial charge in [-0.05, 0) is 38.1 Å². The van der Waals surface area contributed by atoms with E-state index in [4.69, 9.17) is 21.2 Å². The summed E-state index contributed by atoms with van der Waals surface area (Å²) < 4.78 is 7.39. The fraction of sp³-hybridized carbons (Fsp3) is 0.526. The second-order valence-electron chi connectivity index (χ2n) is 7.40. The highest BCUT2D eigenvalue weighted by molar-refractivity contribution is 6.35. The summed E-state index contributed by atoms with van der Waals surface area (Å²) in [4.78, 5) is 7.00. The lowest BCUT2D eigenvalue weighted by molar-refractivity contribution is 0.186. The lowest BCUT2D eigenvalue weighted by Gasteiger charge is -2.29. The van der Waals surface area contributed by atoms with Crippen LogP contribution < -0.4 is 0 Å². The van der Waals surface area contributed by atoms with Crippen LogP contribution in [0.4, 0.5) is 0 Å². The smallest absolute Gasteiger partial charge is 0.229 e. The van der Waals surface area contributed by atoms with Crippen molar-refractivity contribution in [3.8, 4) is 0 Å². The Kier molecular flexibility index (Phi) is 4.71. The molecule has 0 saturated carbocycles. The summed E-state index contributed by atoms with van der Waals surface area (Å²) in [5.41, 5.74) is 2.13. The largest absolute Gasteiger partial charge is 0.339 e. The molecule has 4 rings (SSSR count). The van der Waals surface area contributed by atoms with E-state index in [1.807, 2.05) is 23.9 Å². The summed E-state index contributed by atoms with van der Waals surface area (Å²) in [6, 6.07) is 5.96. The summed E-state index contributed by atoms with van der Waals surface area (Å²) in [5, 5.41) is 10.6. The Morgan fingerprint density at radius 2 is 2.04 bits per heavy atom. The maximum absolute atomic E-state index is 6.42. The fourth-order valence-electron chi connectivity index (χ4n) is 3.66. The molecule has 1 aliphatic rings. The minimum absolute atomic E-state index is 0.301. The molecule has 1 aromatic carbocycles. The summed E-state index contributed by atoms with van der Waals surface area (Å²) in [6.45, 7) is 6.97. The lowest BCUT2D eigenvalue weighted by atomic mass is 9.96. The number of halogens is 1. The summed E-state index contributed by atoms with van der Waals surface area (Å²) in [5.74, 6) is 2.25. The zero-order chi connectivity index (χ0) is 18.3. The number of aromatic nitrogens is 4. The first-order chi connectivity index (χ1) is 12.5. The molecule has 0 spiro atoms. The van der Waals surface area contributed by atoms with Gasteiger partial charge in [0.05, 0.1) is 16.2 Å². The van der Waals surface area contributed by atoms with Gasteiger partial charge in [0.1, 0.15) is 0 Å².